The van der Waals surface area contributed by atoms with Crippen molar-refractivity contribution in [1.29, 1.82) is 0 Å². The van der Waals surface area contributed by atoms with Gasteiger partial charge >= 0.3 is 0 Å². The first kappa shape index (κ1) is 16.3. The van der Waals surface area contributed by atoms with Gasteiger partial charge in [0.05, 0.1) is 6.04 Å². The summed E-state index contributed by atoms with van der Waals surface area (Å²) in [6.07, 6.45) is 3.35. The Kier molecular flexibility index (Phi) is 5.88. The van der Waals surface area contributed by atoms with Gasteiger partial charge in [0.1, 0.15) is 12.4 Å². The second-order valence-electron chi connectivity index (χ2n) is 6.33. The van der Waals surface area contributed by atoms with Gasteiger partial charge < -0.3 is 15.0 Å². The standard InChI is InChI=1S/C18H27N3O2/c22-18(17-8-4-5-9-19-17)21-12-10-20(11-13-21)14-15-23-16-6-2-1-3-7-16/h1-3,6-7,17,19H,4-5,8-15H2. The van der Waals surface area contributed by atoms with Gasteiger partial charge in [0.15, 0.2) is 0 Å². The van der Waals surface area contributed by atoms with Crippen LogP contribution in [0.5, 0.6) is 5.75 Å². The SMILES string of the molecule is O=C(C1CCCCN1)N1CCN(CCOc2ccccc2)CC1. The van der Waals surface area contributed by atoms with Crippen LogP contribution < -0.4 is 10.1 Å². The monoisotopic (exact) mass is 317 g/mol. The molecule has 23 heavy (non-hydrogen) atoms. The third-order valence-electron chi connectivity index (χ3n) is 4.71. The Bertz CT molecular complexity index is 480. The van der Waals surface area contributed by atoms with Gasteiger partial charge in [-0.3, -0.25) is 9.69 Å². The first-order valence-corrected chi connectivity index (χ1v) is 8.75. The lowest BCUT2D eigenvalue weighted by atomic mass is 10.0. The lowest BCUT2D eigenvalue weighted by Crippen LogP contribution is -2.55. The molecule has 1 N–H and O–H groups in total. The van der Waals surface area contributed by atoms with Crippen molar-refractivity contribution in [2.75, 3.05) is 45.9 Å². The zero-order valence-electron chi connectivity index (χ0n) is 13.7. The highest BCUT2D eigenvalue weighted by atomic mass is 16.5. The van der Waals surface area contributed by atoms with E-state index < -0.39 is 0 Å². The number of nitrogens with zero attached hydrogens (tertiary/aromatic N) is 2. The van der Waals surface area contributed by atoms with Crippen molar-refractivity contribution < 1.29 is 9.53 Å². The number of nitrogens with one attached hydrogen (secondary N) is 1. The molecule has 1 unspecified atom stereocenters. The van der Waals surface area contributed by atoms with Gasteiger partial charge in [-0.05, 0) is 31.5 Å². The molecule has 1 amide bonds. The van der Waals surface area contributed by atoms with Crippen LogP contribution in [0.4, 0.5) is 0 Å². The van der Waals surface area contributed by atoms with Crippen molar-refractivity contribution in [3.63, 3.8) is 0 Å². The van der Waals surface area contributed by atoms with Crippen LogP contribution in [-0.2, 0) is 4.79 Å². The Morgan fingerprint density at radius 2 is 1.91 bits per heavy atom. The highest BCUT2D eigenvalue weighted by Gasteiger charge is 2.28. The van der Waals surface area contributed by atoms with Crippen molar-refractivity contribution >= 4 is 5.91 Å². The Labute approximate surface area is 138 Å². The second kappa shape index (κ2) is 8.31. The molecule has 0 aromatic heterocycles. The van der Waals surface area contributed by atoms with E-state index in [1.54, 1.807) is 0 Å². The van der Waals surface area contributed by atoms with E-state index in [9.17, 15) is 4.79 Å². The number of hydrogen-bond acceptors (Lipinski definition) is 4. The third kappa shape index (κ3) is 4.69. The normalized spacial score (nSPS) is 22.8. The molecule has 2 fully saturated rings. The van der Waals surface area contributed by atoms with Gasteiger partial charge in [-0.25, -0.2) is 0 Å². The van der Waals surface area contributed by atoms with Gasteiger partial charge in [-0.1, -0.05) is 24.6 Å². The Morgan fingerprint density at radius 1 is 1.13 bits per heavy atom. The lowest BCUT2D eigenvalue weighted by Gasteiger charge is -2.37. The van der Waals surface area contributed by atoms with Gasteiger partial charge in [-0.2, -0.15) is 0 Å². The van der Waals surface area contributed by atoms with E-state index in [0.29, 0.717) is 12.5 Å². The number of piperidine rings is 1. The average Bonchev–Trinajstić information content (AvgIpc) is 2.63. The van der Waals surface area contributed by atoms with Crippen molar-refractivity contribution in [2.45, 2.75) is 25.3 Å². The zero-order chi connectivity index (χ0) is 15.9. The van der Waals surface area contributed by atoms with E-state index >= 15 is 0 Å². The highest BCUT2D eigenvalue weighted by Crippen LogP contribution is 2.12. The molecule has 0 bridgehead atoms. The van der Waals surface area contributed by atoms with E-state index in [2.05, 4.69) is 10.2 Å². The van der Waals surface area contributed by atoms with Crippen LogP contribution in [-0.4, -0.2) is 67.6 Å². The fraction of sp³-hybridized carbons (Fsp3) is 0.611. The molecule has 2 heterocycles. The molecule has 1 atom stereocenters. The molecule has 5 nitrogen and oxygen atoms in total. The van der Waals surface area contributed by atoms with Crippen molar-refractivity contribution in [3.05, 3.63) is 30.3 Å². The van der Waals surface area contributed by atoms with Crippen LogP contribution >= 0.6 is 0 Å². The lowest BCUT2D eigenvalue weighted by molar-refractivity contribution is -0.135. The van der Waals surface area contributed by atoms with Crippen LogP contribution in [0, 0.1) is 0 Å². The van der Waals surface area contributed by atoms with Crippen molar-refractivity contribution in [2.24, 2.45) is 0 Å². The predicted molar refractivity (Wildman–Crippen MR) is 90.6 cm³/mol. The van der Waals surface area contributed by atoms with Gasteiger partial charge in [0.2, 0.25) is 5.91 Å². The molecule has 3 rings (SSSR count). The highest BCUT2D eigenvalue weighted by molar-refractivity contribution is 5.82. The third-order valence-corrected chi connectivity index (χ3v) is 4.71. The first-order valence-electron chi connectivity index (χ1n) is 8.75. The van der Waals surface area contributed by atoms with Gasteiger partial charge in [0.25, 0.3) is 0 Å². The molecular formula is C18H27N3O2. The van der Waals surface area contributed by atoms with E-state index in [1.165, 1.54) is 12.8 Å². The summed E-state index contributed by atoms with van der Waals surface area (Å²) in [5.41, 5.74) is 0. The van der Waals surface area contributed by atoms with E-state index in [-0.39, 0.29) is 6.04 Å². The maximum Gasteiger partial charge on any atom is 0.239 e. The Balaban J connectivity index is 1.36. The van der Waals surface area contributed by atoms with Gasteiger partial charge in [-0.15, -0.1) is 0 Å². The molecule has 0 aliphatic carbocycles. The number of ether oxygens (including phenoxy) is 1. The molecule has 5 heteroatoms. The number of amides is 1. The summed E-state index contributed by atoms with van der Waals surface area (Å²) in [5.74, 6) is 1.22. The molecule has 2 aliphatic heterocycles. The molecule has 126 valence electrons. The zero-order valence-corrected chi connectivity index (χ0v) is 13.7. The molecule has 0 radical (unpaired) electrons. The summed E-state index contributed by atoms with van der Waals surface area (Å²) in [7, 11) is 0. The summed E-state index contributed by atoms with van der Waals surface area (Å²) in [6.45, 7) is 6.14. The maximum absolute atomic E-state index is 12.5. The molecule has 1 aromatic rings. The molecule has 1 aromatic carbocycles. The van der Waals surface area contributed by atoms with E-state index in [4.69, 9.17) is 4.74 Å². The molecule has 0 spiro atoms. The average molecular weight is 317 g/mol. The second-order valence-corrected chi connectivity index (χ2v) is 6.33. The van der Waals surface area contributed by atoms with Crippen molar-refractivity contribution in [3.8, 4) is 5.75 Å². The smallest absolute Gasteiger partial charge is 0.239 e. The summed E-state index contributed by atoms with van der Waals surface area (Å²) >= 11 is 0. The molecular weight excluding hydrogens is 290 g/mol. The number of carbonyl (C=O) groups excluding carboxylic acids is 1. The first-order chi connectivity index (χ1) is 11.3. The van der Waals surface area contributed by atoms with Crippen LogP contribution in [0.3, 0.4) is 0 Å². The summed E-state index contributed by atoms with van der Waals surface area (Å²) in [5, 5.41) is 3.36. The summed E-state index contributed by atoms with van der Waals surface area (Å²) in [6, 6.07) is 9.97. The number of rotatable bonds is 5. The predicted octanol–water partition coefficient (Wildman–Crippen LogP) is 1.35. The number of para-hydroxylation sites is 1. The van der Waals surface area contributed by atoms with E-state index in [0.717, 1.165) is 51.4 Å². The minimum atomic E-state index is 0.0525. The van der Waals surface area contributed by atoms with Crippen LogP contribution in [0.1, 0.15) is 19.3 Å². The quantitative estimate of drug-likeness (QED) is 0.890. The largest absolute Gasteiger partial charge is 0.492 e. The topological polar surface area (TPSA) is 44.8 Å². The van der Waals surface area contributed by atoms with Crippen LogP contribution in [0.15, 0.2) is 30.3 Å². The molecule has 2 aliphatic rings. The molecule has 0 saturated carbocycles. The number of piperazine rings is 1. The fourth-order valence-electron chi connectivity index (χ4n) is 3.28. The summed E-state index contributed by atoms with van der Waals surface area (Å²) < 4.78 is 5.75. The van der Waals surface area contributed by atoms with Crippen LogP contribution in [0.25, 0.3) is 0 Å². The maximum atomic E-state index is 12.5. The summed E-state index contributed by atoms with van der Waals surface area (Å²) in [4.78, 5) is 16.9. The van der Waals surface area contributed by atoms with Gasteiger partial charge in [0, 0.05) is 32.7 Å². The fourth-order valence-corrected chi connectivity index (χ4v) is 3.28. The molecule has 2 saturated heterocycles. The van der Waals surface area contributed by atoms with Crippen LogP contribution in [0.2, 0.25) is 0 Å². The Hall–Kier alpha value is -1.59. The minimum Gasteiger partial charge on any atom is -0.492 e. The van der Waals surface area contributed by atoms with Crippen molar-refractivity contribution in [1.82, 2.24) is 15.1 Å². The number of benzene rings is 1. The minimum absolute atomic E-state index is 0.0525. The Morgan fingerprint density at radius 3 is 2.61 bits per heavy atom. The number of carbonyl (C=O) groups is 1. The number of hydrogen-bond donors (Lipinski definition) is 1. The van der Waals surface area contributed by atoms with E-state index in [1.807, 2.05) is 35.2 Å².